The smallest absolute Gasteiger partial charge is 0.312 e. The molecule has 3 aromatic rings. The number of piperazine rings is 1. The summed E-state index contributed by atoms with van der Waals surface area (Å²) in [4.78, 5) is 31.9. The number of halogens is 1. The summed E-state index contributed by atoms with van der Waals surface area (Å²) in [6.07, 6.45) is 2.25. The minimum absolute atomic E-state index is 0.127. The van der Waals surface area contributed by atoms with Crippen molar-refractivity contribution in [2.75, 3.05) is 31.1 Å². The van der Waals surface area contributed by atoms with Gasteiger partial charge in [-0.3, -0.25) is 4.79 Å². The number of aromatic amines is 1. The monoisotopic (exact) mass is 425 g/mol. The number of anilines is 1. The molecular formula is C22H24ClN5O2. The predicted octanol–water partition coefficient (Wildman–Crippen LogP) is 2.75. The molecule has 0 bridgehead atoms. The Balaban J connectivity index is 1.46. The first-order valence-electron chi connectivity index (χ1n) is 9.92. The van der Waals surface area contributed by atoms with E-state index in [1.165, 1.54) is 0 Å². The van der Waals surface area contributed by atoms with Crippen LogP contribution in [-0.2, 0) is 11.2 Å². The Kier molecular flexibility index (Phi) is 5.81. The number of para-hydroxylation sites is 2. The number of carbonyl (C=O) groups excluding carboxylic acids is 2. The number of benzene rings is 2. The SMILES string of the molecule is NC(=O)N[C@H](Cc1c[nH]c2ccccc12)C(=O)N1CCN(c2ccccc2Cl)CC1. The zero-order valence-corrected chi connectivity index (χ0v) is 17.2. The van der Waals surface area contributed by atoms with Gasteiger partial charge in [-0.2, -0.15) is 0 Å². The van der Waals surface area contributed by atoms with Crippen LogP contribution in [0.3, 0.4) is 0 Å². The zero-order valence-electron chi connectivity index (χ0n) is 16.5. The van der Waals surface area contributed by atoms with Gasteiger partial charge in [0, 0.05) is 49.7 Å². The number of primary amides is 1. The van der Waals surface area contributed by atoms with E-state index in [2.05, 4.69) is 15.2 Å². The van der Waals surface area contributed by atoms with Gasteiger partial charge >= 0.3 is 6.03 Å². The van der Waals surface area contributed by atoms with Gasteiger partial charge in [0.15, 0.2) is 0 Å². The summed E-state index contributed by atoms with van der Waals surface area (Å²) in [5.74, 6) is -0.127. The average molecular weight is 426 g/mol. The molecule has 4 rings (SSSR count). The highest BCUT2D eigenvalue weighted by molar-refractivity contribution is 6.33. The molecule has 0 radical (unpaired) electrons. The molecule has 1 aliphatic heterocycles. The molecule has 0 spiro atoms. The van der Waals surface area contributed by atoms with E-state index in [9.17, 15) is 9.59 Å². The first-order chi connectivity index (χ1) is 14.5. The van der Waals surface area contributed by atoms with Gasteiger partial charge in [-0.25, -0.2) is 4.79 Å². The normalized spacial score (nSPS) is 15.2. The van der Waals surface area contributed by atoms with Crippen molar-refractivity contribution in [3.63, 3.8) is 0 Å². The Bertz CT molecular complexity index is 1060. The highest BCUT2D eigenvalue weighted by Gasteiger charge is 2.29. The standard InChI is InChI=1S/C22H24ClN5O2/c23-17-6-2-4-8-20(17)27-9-11-28(12-10-27)21(29)19(26-22(24)30)13-15-14-25-18-7-3-1-5-16(15)18/h1-8,14,19,25H,9-13H2,(H3,24,26,30)/t19-/m1/s1. The molecule has 1 aromatic heterocycles. The summed E-state index contributed by atoms with van der Waals surface area (Å²) >= 11 is 6.30. The fraction of sp³-hybridized carbons (Fsp3) is 0.273. The summed E-state index contributed by atoms with van der Waals surface area (Å²) in [6.45, 7) is 2.45. The number of nitrogens with one attached hydrogen (secondary N) is 2. The van der Waals surface area contributed by atoms with Crippen LogP contribution in [0, 0.1) is 0 Å². The van der Waals surface area contributed by atoms with Crippen molar-refractivity contribution in [3.8, 4) is 0 Å². The van der Waals surface area contributed by atoms with Gasteiger partial charge in [0.2, 0.25) is 5.91 Å². The number of rotatable bonds is 5. The molecule has 156 valence electrons. The third kappa shape index (κ3) is 4.21. The van der Waals surface area contributed by atoms with Gasteiger partial charge < -0.3 is 25.8 Å². The van der Waals surface area contributed by atoms with Gasteiger partial charge in [0.25, 0.3) is 0 Å². The fourth-order valence-corrected chi connectivity index (χ4v) is 4.24. The van der Waals surface area contributed by atoms with Gasteiger partial charge in [0.05, 0.1) is 10.7 Å². The van der Waals surface area contributed by atoms with E-state index < -0.39 is 12.1 Å². The molecule has 1 fully saturated rings. The highest BCUT2D eigenvalue weighted by Crippen LogP contribution is 2.26. The number of nitrogens with two attached hydrogens (primary N) is 1. The first kappa shape index (κ1) is 20.1. The average Bonchev–Trinajstić information content (AvgIpc) is 3.16. The molecule has 1 aliphatic rings. The van der Waals surface area contributed by atoms with Crippen LogP contribution in [0.2, 0.25) is 5.02 Å². The lowest BCUT2D eigenvalue weighted by atomic mass is 10.0. The molecule has 0 aliphatic carbocycles. The molecule has 30 heavy (non-hydrogen) atoms. The number of carbonyl (C=O) groups is 2. The highest BCUT2D eigenvalue weighted by atomic mass is 35.5. The second-order valence-corrected chi connectivity index (χ2v) is 7.80. The van der Waals surface area contributed by atoms with Crippen molar-refractivity contribution >= 4 is 40.1 Å². The number of hydrogen-bond donors (Lipinski definition) is 3. The van der Waals surface area contributed by atoms with Crippen LogP contribution in [-0.4, -0.2) is 54.0 Å². The number of aromatic nitrogens is 1. The molecule has 0 saturated carbocycles. The quantitative estimate of drug-likeness (QED) is 0.586. The van der Waals surface area contributed by atoms with Crippen LogP contribution in [0.5, 0.6) is 0 Å². The predicted molar refractivity (Wildman–Crippen MR) is 119 cm³/mol. The van der Waals surface area contributed by atoms with Crippen molar-refractivity contribution in [2.24, 2.45) is 5.73 Å². The summed E-state index contributed by atoms with van der Waals surface area (Å²) in [5.41, 5.74) is 8.29. The van der Waals surface area contributed by atoms with E-state index in [-0.39, 0.29) is 5.91 Å². The van der Waals surface area contributed by atoms with Crippen LogP contribution in [0.25, 0.3) is 10.9 Å². The van der Waals surface area contributed by atoms with Crippen LogP contribution in [0.1, 0.15) is 5.56 Å². The minimum atomic E-state index is -0.714. The molecule has 3 amide bonds. The fourth-order valence-electron chi connectivity index (χ4n) is 3.99. The molecule has 2 aromatic carbocycles. The number of H-pyrrole nitrogens is 1. The second-order valence-electron chi connectivity index (χ2n) is 7.39. The topological polar surface area (TPSA) is 94.5 Å². The minimum Gasteiger partial charge on any atom is -0.367 e. The maximum atomic E-state index is 13.2. The van der Waals surface area contributed by atoms with E-state index in [0.29, 0.717) is 37.6 Å². The third-order valence-electron chi connectivity index (χ3n) is 5.50. The van der Waals surface area contributed by atoms with E-state index in [4.69, 9.17) is 17.3 Å². The molecule has 1 saturated heterocycles. The number of fused-ring (bicyclic) bond motifs is 1. The zero-order chi connectivity index (χ0) is 21.1. The molecule has 8 heteroatoms. The van der Waals surface area contributed by atoms with Gasteiger partial charge in [-0.05, 0) is 23.8 Å². The lowest BCUT2D eigenvalue weighted by molar-refractivity contribution is -0.133. The second kappa shape index (κ2) is 8.67. The number of amides is 3. The largest absolute Gasteiger partial charge is 0.367 e. The van der Waals surface area contributed by atoms with Crippen molar-refractivity contribution in [1.29, 1.82) is 0 Å². The van der Waals surface area contributed by atoms with Crippen molar-refractivity contribution < 1.29 is 9.59 Å². The van der Waals surface area contributed by atoms with E-state index in [0.717, 1.165) is 22.2 Å². The lowest BCUT2D eigenvalue weighted by Crippen LogP contribution is -2.56. The van der Waals surface area contributed by atoms with Crippen LogP contribution < -0.4 is 16.0 Å². The molecule has 1 atom stereocenters. The van der Waals surface area contributed by atoms with Crippen LogP contribution in [0.4, 0.5) is 10.5 Å². The lowest BCUT2D eigenvalue weighted by Gasteiger charge is -2.38. The Morgan fingerprint density at radius 3 is 2.50 bits per heavy atom. The molecule has 0 unspecified atom stereocenters. The first-order valence-corrected chi connectivity index (χ1v) is 10.3. The summed E-state index contributed by atoms with van der Waals surface area (Å²) in [6, 6.07) is 14.1. The molecule has 4 N–H and O–H groups in total. The Morgan fingerprint density at radius 2 is 1.77 bits per heavy atom. The third-order valence-corrected chi connectivity index (χ3v) is 5.82. The summed E-state index contributed by atoms with van der Waals surface area (Å²) in [7, 11) is 0. The summed E-state index contributed by atoms with van der Waals surface area (Å²) < 4.78 is 0. The maximum absolute atomic E-state index is 13.2. The maximum Gasteiger partial charge on any atom is 0.312 e. The van der Waals surface area contributed by atoms with E-state index in [1.807, 2.05) is 54.7 Å². The molecular weight excluding hydrogens is 402 g/mol. The van der Waals surface area contributed by atoms with Gasteiger partial charge in [0.1, 0.15) is 6.04 Å². The molecule has 7 nitrogen and oxygen atoms in total. The Labute approximate surface area is 179 Å². The van der Waals surface area contributed by atoms with Crippen LogP contribution in [0.15, 0.2) is 54.7 Å². The number of nitrogens with zero attached hydrogens (tertiary/aromatic N) is 2. The molecule has 2 heterocycles. The van der Waals surface area contributed by atoms with Crippen LogP contribution >= 0.6 is 11.6 Å². The number of urea groups is 1. The van der Waals surface area contributed by atoms with Gasteiger partial charge in [-0.1, -0.05) is 41.9 Å². The van der Waals surface area contributed by atoms with E-state index in [1.54, 1.807) is 4.90 Å². The van der Waals surface area contributed by atoms with E-state index >= 15 is 0 Å². The van der Waals surface area contributed by atoms with Crippen molar-refractivity contribution in [2.45, 2.75) is 12.5 Å². The van der Waals surface area contributed by atoms with Crippen molar-refractivity contribution in [1.82, 2.24) is 15.2 Å². The summed E-state index contributed by atoms with van der Waals surface area (Å²) in [5, 5.41) is 4.36. The van der Waals surface area contributed by atoms with Gasteiger partial charge in [-0.15, -0.1) is 0 Å². The Morgan fingerprint density at radius 1 is 1.07 bits per heavy atom. The van der Waals surface area contributed by atoms with Crippen molar-refractivity contribution in [3.05, 3.63) is 65.3 Å². The number of hydrogen-bond acceptors (Lipinski definition) is 3. The Hall–Kier alpha value is -3.19.